The normalized spacial score (nSPS) is 13.7. The Kier molecular flexibility index (Phi) is 12.2. The highest BCUT2D eigenvalue weighted by Crippen LogP contribution is 2.41. The lowest BCUT2D eigenvalue weighted by atomic mass is 10.1. The molecule has 282 valence electrons. The number of fused-ring (bicyclic) bond motifs is 1. The van der Waals surface area contributed by atoms with E-state index in [1.807, 2.05) is 9.80 Å². The number of benzene rings is 2. The summed E-state index contributed by atoms with van der Waals surface area (Å²) in [5, 5.41) is 17.5. The van der Waals surface area contributed by atoms with Gasteiger partial charge in [-0.25, -0.2) is 19.2 Å². The quantitative estimate of drug-likeness (QED) is 0.0658. The average Bonchev–Trinajstić information content (AvgIpc) is 3.56. The number of imidazole rings is 1. The molecular weight excluding hydrogens is 749 g/mol. The largest absolute Gasteiger partial charge is 0.524 e. The zero-order chi connectivity index (χ0) is 39.2. The van der Waals surface area contributed by atoms with Gasteiger partial charge in [-0.2, -0.15) is 10.2 Å². The Hall–Kier alpha value is -6.02. The standard InChI is InChI=1S/C32H33ClN11O9P/c1-4-37-29-30-38-17-25(36-3)44(30)40-31(39-29)43(32(47)52-18-51-26(45)15-20-5-7-22(8-6-20)53-54(48,49)50)24-14-21(16-34)13-23(27(24)33)42-11-9-41(10-12-42)19(2)28(35)46/h5-8,13-14,17,19H,4,9-12,15,18H2,1-2H3,(H2,35,46)(H,37,39,40)(H2,48,49,50)/t19-/m0/s1. The van der Waals surface area contributed by atoms with Gasteiger partial charge in [-0.05, 0) is 43.7 Å². The van der Waals surface area contributed by atoms with Crippen molar-refractivity contribution in [2.24, 2.45) is 5.73 Å². The van der Waals surface area contributed by atoms with Gasteiger partial charge in [0, 0.05) is 32.7 Å². The summed E-state index contributed by atoms with van der Waals surface area (Å²) in [6.07, 6.45) is -0.188. The summed E-state index contributed by atoms with van der Waals surface area (Å²) in [7, 11) is -4.77. The smallest absolute Gasteiger partial charge is 0.428 e. The number of aromatic nitrogens is 4. The molecule has 1 aliphatic rings. The summed E-state index contributed by atoms with van der Waals surface area (Å²) in [6.45, 7) is 12.3. The zero-order valence-corrected chi connectivity index (χ0v) is 30.4. The number of nitriles is 1. The molecule has 1 atom stereocenters. The number of phosphoric ester groups is 1. The van der Waals surface area contributed by atoms with Crippen LogP contribution in [0, 0.1) is 17.9 Å². The number of amides is 2. The number of ether oxygens (including phenoxy) is 2. The van der Waals surface area contributed by atoms with Crippen molar-refractivity contribution in [3.05, 3.63) is 70.2 Å². The number of hydrogen-bond donors (Lipinski definition) is 4. The van der Waals surface area contributed by atoms with Crippen LogP contribution in [0.15, 0.2) is 42.6 Å². The summed E-state index contributed by atoms with van der Waals surface area (Å²) in [5.74, 6) is -1.58. The van der Waals surface area contributed by atoms with Crippen molar-refractivity contribution < 1.29 is 42.7 Å². The molecule has 22 heteroatoms. The van der Waals surface area contributed by atoms with E-state index in [1.165, 1.54) is 41.0 Å². The Morgan fingerprint density at radius 1 is 1.19 bits per heavy atom. The topological polar surface area (TPSA) is 255 Å². The van der Waals surface area contributed by atoms with Gasteiger partial charge >= 0.3 is 19.9 Å². The van der Waals surface area contributed by atoms with Gasteiger partial charge in [-0.15, -0.1) is 4.52 Å². The predicted molar refractivity (Wildman–Crippen MR) is 192 cm³/mol. The molecular formula is C32H33ClN11O9P. The molecule has 1 fully saturated rings. The van der Waals surface area contributed by atoms with Crippen molar-refractivity contribution in [3.8, 4) is 11.8 Å². The molecule has 0 saturated carbocycles. The van der Waals surface area contributed by atoms with Crippen LogP contribution >= 0.6 is 19.4 Å². The summed E-state index contributed by atoms with van der Waals surface area (Å²) < 4.78 is 27.2. The van der Waals surface area contributed by atoms with Crippen LogP contribution in [0.25, 0.3) is 10.5 Å². The summed E-state index contributed by atoms with van der Waals surface area (Å²) in [6, 6.07) is 9.75. The minimum Gasteiger partial charge on any atom is -0.428 e. The molecule has 3 heterocycles. The Bertz CT molecular complexity index is 2190. The molecule has 0 radical (unpaired) electrons. The number of carbonyl (C=O) groups is 3. The molecule has 1 saturated heterocycles. The van der Waals surface area contributed by atoms with Crippen LogP contribution in [0.2, 0.25) is 5.02 Å². The maximum atomic E-state index is 14.0. The van der Waals surface area contributed by atoms with Gasteiger partial charge in [0.05, 0.1) is 46.7 Å². The number of esters is 1. The molecule has 5 N–H and O–H groups in total. The highest BCUT2D eigenvalue weighted by molar-refractivity contribution is 7.46. The third-order valence-corrected chi connectivity index (χ3v) is 8.93. The lowest BCUT2D eigenvalue weighted by Gasteiger charge is -2.38. The van der Waals surface area contributed by atoms with Gasteiger partial charge in [0.2, 0.25) is 12.7 Å². The Morgan fingerprint density at radius 3 is 2.50 bits per heavy atom. The lowest BCUT2D eigenvalue weighted by molar-refractivity contribution is -0.150. The van der Waals surface area contributed by atoms with E-state index in [0.717, 1.165) is 4.90 Å². The van der Waals surface area contributed by atoms with E-state index < -0.39 is 38.6 Å². The van der Waals surface area contributed by atoms with E-state index in [0.29, 0.717) is 44.0 Å². The highest BCUT2D eigenvalue weighted by atomic mass is 35.5. The van der Waals surface area contributed by atoms with Crippen LogP contribution < -0.4 is 25.4 Å². The first-order valence-corrected chi connectivity index (χ1v) is 18.0. The number of nitrogens with zero attached hydrogens (tertiary/aromatic N) is 9. The highest BCUT2D eigenvalue weighted by Gasteiger charge is 2.32. The fraction of sp³-hybridized carbons (Fsp3) is 0.312. The second kappa shape index (κ2) is 16.8. The fourth-order valence-electron chi connectivity index (χ4n) is 5.42. The number of phosphoric acid groups is 1. The van der Waals surface area contributed by atoms with Crippen LogP contribution in [-0.4, -0.2) is 97.8 Å². The Labute approximate surface area is 312 Å². The summed E-state index contributed by atoms with van der Waals surface area (Å²) in [5.41, 5.74) is 6.51. The van der Waals surface area contributed by atoms with Crippen molar-refractivity contribution in [1.82, 2.24) is 24.5 Å². The van der Waals surface area contributed by atoms with E-state index in [9.17, 15) is 24.2 Å². The molecule has 1 aliphatic heterocycles. The predicted octanol–water partition coefficient (Wildman–Crippen LogP) is 3.12. The minimum atomic E-state index is -4.77. The number of nitrogens with two attached hydrogens (primary N) is 1. The van der Waals surface area contributed by atoms with Crippen LogP contribution in [-0.2, 0) is 30.0 Å². The van der Waals surface area contributed by atoms with Crippen molar-refractivity contribution in [1.29, 1.82) is 5.26 Å². The second-order valence-electron chi connectivity index (χ2n) is 11.6. The molecule has 2 aromatic heterocycles. The Balaban J connectivity index is 1.46. The molecule has 20 nitrogen and oxygen atoms in total. The number of piperazine rings is 1. The molecule has 2 aromatic carbocycles. The van der Waals surface area contributed by atoms with Gasteiger partial charge in [0.1, 0.15) is 5.75 Å². The Morgan fingerprint density at radius 2 is 1.89 bits per heavy atom. The van der Waals surface area contributed by atoms with E-state index >= 15 is 0 Å². The monoisotopic (exact) mass is 781 g/mol. The molecule has 5 rings (SSSR count). The first-order chi connectivity index (χ1) is 25.7. The first kappa shape index (κ1) is 39.2. The summed E-state index contributed by atoms with van der Waals surface area (Å²) in [4.78, 5) is 73.2. The zero-order valence-electron chi connectivity index (χ0n) is 28.7. The van der Waals surface area contributed by atoms with Crippen LogP contribution in [0.1, 0.15) is 25.0 Å². The van der Waals surface area contributed by atoms with Gasteiger partial charge < -0.3 is 34.8 Å². The van der Waals surface area contributed by atoms with Gasteiger partial charge in [0.15, 0.2) is 5.82 Å². The van der Waals surface area contributed by atoms with Crippen molar-refractivity contribution >= 4 is 72.0 Å². The van der Waals surface area contributed by atoms with Crippen molar-refractivity contribution in [2.75, 3.05) is 54.6 Å². The number of nitrogens with one attached hydrogen (secondary N) is 1. The van der Waals surface area contributed by atoms with E-state index in [4.69, 9.17) is 43.2 Å². The fourth-order valence-corrected chi connectivity index (χ4v) is 6.13. The number of anilines is 4. The number of primary amides is 1. The molecule has 0 spiro atoms. The maximum Gasteiger partial charge on any atom is 0.524 e. The van der Waals surface area contributed by atoms with E-state index in [2.05, 4.69) is 35.8 Å². The van der Waals surface area contributed by atoms with Crippen LogP contribution in [0.4, 0.5) is 33.8 Å². The third kappa shape index (κ3) is 9.12. The van der Waals surface area contributed by atoms with Crippen molar-refractivity contribution in [2.45, 2.75) is 26.3 Å². The van der Waals surface area contributed by atoms with Gasteiger partial charge in [0.25, 0.3) is 17.4 Å². The van der Waals surface area contributed by atoms with E-state index in [-0.39, 0.29) is 51.7 Å². The van der Waals surface area contributed by atoms with Crippen LogP contribution in [0.5, 0.6) is 5.75 Å². The molecule has 54 heavy (non-hydrogen) atoms. The van der Waals surface area contributed by atoms with Gasteiger partial charge in [-0.1, -0.05) is 35.4 Å². The minimum absolute atomic E-state index is 0.00278. The van der Waals surface area contributed by atoms with Gasteiger partial charge in [-0.3, -0.25) is 24.3 Å². The van der Waals surface area contributed by atoms with E-state index in [1.54, 1.807) is 19.9 Å². The lowest BCUT2D eigenvalue weighted by Crippen LogP contribution is -2.53. The first-order valence-electron chi connectivity index (χ1n) is 16.1. The van der Waals surface area contributed by atoms with Crippen LogP contribution in [0.3, 0.4) is 0 Å². The third-order valence-electron chi connectivity index (χ3n) is 8.09. The SMILES string of the molecule is [C-]#[N+]c1cnc2c(NCC)nc(N(C(=O)OCOC(=O)Cc3ccc(OP(=O)(O)O)cc3)c3cc(C#N)cc(N4CCN([C@@H](C)C(N)=O)CC4)c3Cl)nn12. The maximum absolute atomic E-state index is 14.0. The molecule has 0 unspecified atom stereocenters. The number of halogens is 1. The second-order valence-corrected chi connectivity index (χ2v) is 13.1. The molecule has 4 aromatic rings. The molecule has 0 bridgehead atoms. The van der Waals surface area contributed by atoms with Crippen molar-refractivity contribution in [3.63, 3.8) is 0 Å². The number of carbonyl (C=O) groups excluding carboxylic acids is 3. The average molecular weight is 782 g/mol. The summed E-state index contributed by atoms with van der Waals surface area (Å²) >= 11 is 7.02. The number of rotatable bonds is 13. The molecule has 2 amide bonds. The number of hydrogen-bond acceptors (Lipinski definition) is 14. The molecule has 0 aliphatic carbocycles.